The summed E-state index contributed by atoms with van der Waals surface area (Å²) >= 11 is 3.46. The molecule has 1 aromatic carbocycles. The van der Waals surface area contributed by atoms with Gasteiger partial charge in [0.05, 0.1) is 0 Å². The Morgan fingerprint density at radius 2 is 2.11 bits per heavy atom. The molecule has 2 rings (SSSR count). The Hall–Kier alpha value is -0.870. The van der Waals surface area contributed by atoms with E-state index in [9.17, 15) is 4.79 Å². The SMILES string of the molecule is CCC(NC1CCC(=O)N(C)C1)c1ccc(Br)cc1. The average Bonchev–Trinajstić information content (AvgIpc) is 2.41. The van der Waals surface area contributed by atoms with Gasteiger partial charge < -0.3 is 10.2 Å². The first-order valence-electron chi connectivity index (χ1n) is 6.85. The average molecular weight is 325 g/mol. The second-order valence-corrected chi connectivity index (χ2v) is 6.10. The molecule has 0 aromatic heterocycles. The fourth-order valence-corrected chi connectivity index (χ4v) is 2.84. The molecule has 2 atom stereocenters. The van der Waals surface area contributed by atoms with Gasteiger partial charge in [-0.1, -0.05) is 35.0 Å². The maximum absolute atomic E-state index is 11.5. The highest BCUT2D eigenvalue weighted by molar-refractivity contribution is 9.10. The molecule has 19 heavy (non-hydrogen) atoms. The van der Waals surface area contributed by atoms with Gasteiger partial charge in [0.2, 0.25) is 5.91 Å². The summed E-state index contributed by atoms with van der Waals surface area (Å²) in [5.41, 5.74) is 1.31. The number of likely N-dealkylation sites (N-methyl/N-ethyl adjacent to an activating group) is 1. The van der Waals surface area contributed by atoms with Crippen molar-refractivity contribution in [3.8, 4) is 0 Å². The minimum atomic E-state index is 0.259. The lowest BCUT2D eigenvalue weighted by Gasteiger charge is -2.33. The van der Waals surface area contributed by atoms with Crippen LogP contribution < -0.4 is 5.32 Å². The highest BCUT2D eigenvalue weighted by Gasteiger charge is 2.24. The number of carbonyl (C=O) groups is 1. The Morgan fingerprint density at radius 3 is 2.68 bits per heavy atom. The smallest absolute Gasteiger partial charge is 0.222 e. The molecule has 2 unspecified atom stereocenters. The van der Waals surface area contributed by atoms with E-state index >= 15 is 0 Å². The predicted octanol–water partition coefficient (Wildman–Crippen LogP) is 3.11. The zero-order valence-corrected chi connectivity index (χ0v) is 13.1. The molecule has 1 heterocycles. The molecule has 4 heteroatoms. The van der Waals surface area contributed by atoms with Crippen molar-refractivity contribution in [2.45, 2.75) is 38.3 Å². The number of likely N-dealkylation sites (tertiary alicyclic amines) is 1. The number of hydrogen-bond acceptors (Lipinski definition) is 2. The standard InChI is InChI=1S/C15H21BrN2O/c1-3-14(11-4-6-12(16)7-5-11)17-13-8-9-15(19)18(2)10-13/h4-7,13-14,17H,3,8-10H2,1-2H3. The lowest BCUT2D eigenvalue weighted by Crippen LogP contribution is -2.47. The van der Waals surface area contributed by atoms with E-state index in [2.05, 4.69) is 52.4 Å². The molecule has 0 saturated carbocycles. The third-order valence-corrected chi connectivity index (χ3v) is 4.27. The monoisotopic (exact) mass is 324 g/mol. The summed E-state index contributed by atoms with van der Waals surface area (Å²) in [5, 5.41) is 3.68. The van der Waals surface area contributed by atoms with Crippen LogP contribution in [0.2, 0.25) is 0 Å². The summed E-state index contributed by atoms with van der Waals surface area (Å²) in [4.78, 5) is 13.3. The minimum absolute atomic E-state index is 0.259. The van der Waals surface area contributed by atoms with Crippen molar-refractivity contribution in [1.29, 1.82) is 0 Å². The van der Waals surface area contributed by atoms with Gasteiger partial charge in [-0.2, -0.15) is 0 Å². The first-order chi connectivity index (χ1) is 9.10. The molecular weight excluding hydrogens is 304 g/mol. The van der Waals surface area contributed by atoms with Gasteiger partial charge in [-0.15, -0.1) is 0 Å². The molecule has 0 aliphatic carbocycles. The normalized spacial score (nSPS) is 21.5. The van der Waals surface area contributed by atoms with E-state index in [0.29, 0.717) is 18.5 Å². The first-order valence-corrected chi connectivity index (χ1v) is 7.65. The molecular formula is C15H21BrN2O. The molecule has 1 saturated heterocycles. The summed E-state index contributed by atoms with van der Waals surface area (Å²) in [5.74, 6) is 0.259. The minimum Gasteiger partial charge on any atom is -0.344 e. The summed E-state index contributed by atoms with van der Waals surface area (Å²) in [6, 6.07) is 9.23. The lowest BCUT2D eigenvalue weighted by molar-refractivity contribution is -0.132. The summed E-state index contributed by atoms with van der Waals surface area (Å²) < 4.78 is 1.11. The summed E-state index contributed by atoms with van der Waals surface area (Å²) in [6.45, 7) is 3.00. The van der Waals surface area contributed by atoms with Crippen LogP contribution in [0.4, 0.5) is 0 Å². The molecule has 1 aliphatic heterocycles. The number of piperidine rings is 1. The Morgan fingerprint density at radius 1 is 1.42 bits per heavy atom. The third kappa shape index (κ3) is 3.80. The van der Waals surface area contributed by atoms with Gasteiger partial charge in [0.25, 0.3) is 0 Å². The summed E-state index contributed by atoms with van der Waals surface area (Å²) in [7, 11) is 1.89. The lowest BCUT2D eigenvalue weighted by atomic mass is 10.00. The van der Waals surface area contributed by atoms with Gasteiger partial charge in [0.15, 0.2) is 0 Å². The van der Waals surface area contributed by atoms with Crippen molar-refractivity contribution < 1.29 is 4.79 Å². The molecule has 1 N–H and O–H groups in total. The highest BCUT2D eigenvalue weighted by atomic mass is 79.9. The Labute approximate surface area is 123 Å². The van der Waals surface area contributed by atoms with Gasteiger partial charge in [-0.05, 0) is 30.5 Å². The predicted molar refractivity (Wildman–Crippen MR) is 81.0 cm³/mol. The van der Waals surface area contributed by atoms with Gasteiger partial charge in [-0.25, -0.2) is 0 Å². The van der Waals surface area contributed by atoms with Gasteiger partial charge in [0, 0.05) is 36.6 Å². The zero-order chi connectivity index (χ0) is 13.8. The van der Waals surface area contributed by atoms with Crippen LogP contribution in [0.1, 0.15) is 37.8 Å². The fraction of sp³-hybridized carbons (Fsp3) is 0.533. The van der Waals surface area contributed by atoms with Gasteiger partial charge in [0.1, 0.15) is 0 Å². The van der Waals surface area contributed by atoms with Crippen LogP contribution in [-0.4, -0.2) is 30.4 Å². The second kappa shape index (κ2) is 6.53. The fourth-order valence-electron chi connectivity index (χ4n) is 2.58. The molecule has 104 valence electrons. The van der Waals surface area contributed by atoms with E-state index in [0.717, 1.165) is 23.9 Å². The number of nitrogens with one attached hydrogen (secondary N) is 1. The van der Waals surface area contributed by atoms with Crippen LogP contribution in [0.3, 0.4) is 0 Å². The number of halogens is 1. The molecule has 0 radical (unpaired) electrons. The van der Waals surface area contributed by atoms with Crippen molar-refractivity contribution in [2.75, 3.05) is 13.6 Å². The molecule has 1 fully saturated rings. The topological polar surface area (TPSA) is 32.3 Å². The van der Waals surface area contributed by atoms with E-state index < -0.39 is 0 Å². The molecule has 3 nitrogen and oxygen atoms in total. The van der Waals surface area contributed by atoms with E-state index in [1.165, 1.54) is 5.56 Å². The maximum atomic E-state index is 11.5. The number of hydrogen-bond donors (Lipinski definition) is 1. The van der Waals surface area contributed by atoms with Crippen LogP contribution in [-0.2, 0) is 4.79 Å². The van der Waals surface area contributed by atoms with Gasteiger partial charge in [-0.3, -0.25) is 4.79 Å². The largest absolute Gasteiger partial charge is 0.344 e. The number of carbonyl (C=O) groups excluding carboxylic acids is 1. The second-order valence-electron chi connectivity index (χ2n) is 5.19. The Balaban J connectivity index is 1.99. The van der Waals surface area contributed by atoms with Crippen molar-refractivity contribution in [3.63, 3.8) is 0 Å². The van der Waals surface area contributed by atoms with Crippen LogP contribution in [0.15, 0.2) is 28.7 Å². The molecule has 1 aromatic rings. The van der Waals surface area contributed by atoms with E-state index in [4.69, 9.17) is 0 Å². The maximum Gasteiger partial charge on any atom is 0.222 e. The van der Waals surface area contributed by atoms with E-state index in [-0.39, 0.29) is 5.91 Å². The quantitative estimate of drug-likeness (QED) is 0.922. The Kier molecular flexibility index (Phi) is 4.99. The summed E-state index contributed by atoms with van der Waals surface area (Å²) in [6.07, 6.45) is 2.65. The molecule has 0 bridgehead atoms. The van der Waals surface area contributed by atoms with Crippen molar-refractivity contribution in [2.24, 2.45) is 0 Å². The Bertz CT molecular complexity index is 432. The third-order valence-electron chi connectivity index (χ3n) is 3.74. The van der Waals surface area contributed by atoms with Crippen LogP contribution in [0.25, 0.3) is 0 Å². The van der Waals surface area contributed by atoms with Gasteiger partial charge >= 0.3 is 0 Å². The van der Waals surface area contributed by atoms with Crippen molar-refractivity contribution in [1.82, 2.24) is 10.2 Å². The number of amides is 1. The number of nitrogens with zero attached hydrogens (tertiary/aromatic N) is 1. The van der Waals surface area contributed by atoms with E-state index in [1.54, 1.807) is 0 Å². The van der Waals surface area contributed by atoms with Crippen molar-refractivity contribution >= 4 is 21.8 Å². The first kappa shape index (κ1) is 14.5. The molecule has 0 spiro atoms. The van der Waals surface area contributed by atoms with Crippen LogP contribution >= 0.6 is 15.9 Å². The van der Waals surface area contributed by atoms with E-state index in [1.807, 2.05) is 11.9 Å². The number of rotatable bonds is 4. The molecule has 1 amide bonds. The van der Waals surface area contributed by atoms with Crippen LogP contribution in [0.5, 0.6) is 0 Å². The molecule has 1 aliphatic rings. The highest BCUT2D eigenvalue weighted by Crippen LogP contribution is 2.22. The number of benzene rings is 1. The van der Waals surface area contributed by atoms with Crippen LogP contribution in [0, 0.1) is 0 Å². The zero-order valence-electron chi connectivity index (χ0n) is 11.5. The van der Waals surface area contributed by atoms with Crippen molar-refractivity contribution in [3.05, 3.63) is 34.3 Å².